The summed E-state index contributed by atoms with van der Waals surface area (Å²) in [4.78, 5) is 13.7. The van der Waals surface area contributed by atoms with E-state index in [1.54, 1.807) is 0 Å². The molecule has 1 aliphatic rings. The van der Waals surface area contributed by atoms with E-state index in [0.717, 1.165) is 6.07 Å². The van der Waals surface area contributed by atoms with Crippen molar-refractivity contribution in [1.29, 1.82) is 0 Å². The van der Waals surface area contributed by atoms with E-state index in [-0.39, 0.29) is 31.5 Å². The Morgan fingerprint density at radius 3 is 2.21 bits per heavy atom. The number of benzene rings is 1. The Hall–Kier alpha value is -0.540. The molecule has 1 aromatic carbocycles. The van der Waals surface area contributed by atoms with Crippen LogP contribution in [0.4, 0.5) is 18.0 Å². The lowest BCUT2D eigenvalue weighted by atomic mass is 9.83. The molecule has 1 heterocycles. The summed E-state index contributed by atoms with van der Waals surface area (Å²) >= 11 is 21.7. The number of hydrogen-bond donors (Lipinski definition) is 2. The smallest absolute Gasteiger partial charge is 0.416 e. The molecule has 0 saturated carbocycles. The Morgan fingerprint density at radius 1 is 1.21 bits per heavy atom. The monoisotopic (exact) mass is 493 g/mol. The summed E-state index contributed by atoms with van der Waals surface area (Å²) in [5.74, 6) is 0. The van der Waals surface area contributed by atoms with E-state index >= 15 is 0 Å². The normalized spacial score (nSPS) is 19.0. The maximum atomic E-state index is 13.3. The number of alkyl halides is 6. The first-order chi connectivity index (χ1) is 13.1. The summed E-state index contributed by atoms with van der Waals surface area (Å²) in [5.41, 5.74) is -3.90. The average molecular weight is 495 g/mol. The number of nitrogens with zero attached hydrogens (tertiary/aromatic N) is 1. The number of aliphatic hydroxyl groups is 1. The Kier molecular flexibility index (Phi) is 7.28. The van der Waals surface area contributed by atoms with Gasteiger partial charge in [0, 0.05) is 13.1 Å². The standard InChI is InChI=1S/C18H21Cl3F3NO3S/c1-15(2,18(19,20)21)28-14(26)25-9-7-16(27,8-10-25)13(29)11-5-3-4-6-12(11)17(22,23)24/h3-6,13,27,29H,7-10H2,1-2H3. The molecule has 11 heteroatoms. The van der Waals surface area contributed by atoms with Crippen LogP contribution in [0.5, 0.6) is 0 Å². The lowest BCUT2D eigenvalue weighted by Gasteiger charge is -2.42. The minimum Gasteiger partial charge on any atom is -0.439 e. The van der Waals surface area contributed by atoms with Crippen LogP contribution in [0.25, 0.3) is 0 Å². The van der Waals surface area contributed by atoms with Crippen molar-refractivity contribution in [3.63, 3.8) is 0 Å². The molecule has 164 valence electrons. The lowest BCUT2D eigenvalue weighted by molar-refractivity contribution is -0.138. The van der Waals surface area contributed by atoms with Crippen molar-refractivity contribution in [2.24, 2.45) is 0 Å². The van der Waals surface area contributed by atoms with Crippen molar-refractivity contribution >= 4 is 53.5 Å². The van der Waals surface area contributed by atoms with Gasteiger partial charge in [-0.15, -0.1) is 0 Å². The van der Waals surface area contributed by atoms with Gasteiger partial charge in [0.2, 0.25) is 3.79 Å². The van der Waals surface area contributed by atoms with Crippen molar-refractivity contribution < 1.29 is 27.8 Å². The predicted octanol–water partition coefficient (Wildman–Crippen LogP) is 5.79. The molecule has 1 aromatic rings. The quantitative estimate of drug-likeness (QED) is 0.413. The van der Waals surface area contributed by atoms with Gasteiger partial charge < -0.3 is 14.7 Å². The summed E-state index contributed by atoms with van der Waals surface area (Å²) in [6.07, 6.45) is -5.29. The lowest BCUT2D eigenvalue weighted by Crippen LogP contribution is -2.51. The number of carbonyl (C=O) groups is 1. The Labute approximate surface area is 187 Å². The number of thiol groups is 1. The van der Waals surface area contributed by atoms with Gasteiger partial charge in [0.15, 0.2) is 5.60 Å². The first kappa shape index (κ1) is 24.7. The summed E-state index contributed by atoms with van der Waals surface area (Å²) < 4.78 is 43.3. The molecule has 1 amide bonds. The molecule has 1 fully saturated rings. The third kappa shape index (κ3) is 5.58. The highest BCUT2D eigenvalue weighted by Gasteiger charge is 2.47. The third-order valence-corrected chi connectivity index (χ3v) is 7.11. The summed E-state index contributed by atoms with van der Waals surface area (Å²) in [6, 6.07) is 4.99. The number of rotatable bonds is 3. The average Bonchev–Trinajstić information content (AvgIpc) is 2.59. The molecule has 1 saturated heterocycles. The maximum Gasteiger partial charge on any atom is 0.416 e. The van der Waals surface area contributed by atoms with Crippen molar-refractivity contribution in [2.75, 3.05) is 13.1 Å². The zero-order valence-corrected chi connectivity index (χ0v) is 18.8. The molecule has 2 rings (SSSR count). The fourth-order valence-corrected chi connectivity index (χ4v) is 3.57. The molecule has 29 heavy (non-hydrogen) atoms. The van der Waals surface area contributed by atoms with Crippen LogP contribution in [-0.2, 0) is 10.9 Å². The molecule has 1 aliphatic heterocycles. The summed E-state index contributed by atoms with van der Waals surface area (Å²) in [7, 11) is 0. The van der Waals surface area contributed by atoms with Gasteiger partial charge in [-0.25, -0.2) is 4.79 Å². The Bertz CT molecular complexity index is 748. The second kappa shape index (κ2) is 8.54. The zero-order chi connectivity index (χ0) is 22.3. The molecular weight excluding hydrogens is 474 g/mol. The highest BCUT2D eigenvalue weighted by molar-refractivity contribution is 7.80. The third-order valence-electron chi connectivity index (χ3n) is 4.98. The van der Waals surface area contributed by atoms with Crippen LogP contribution < -0.4 is 0 Å². The maximum absolute atomic E-state index is 13.3. The second-order valence-corrected chi connectivity index (χ2v) is 10.3. The molecule has 0 aliphatic carbocycles. The topological polar surface area (TPSA) is 49.8 Å². The molecule has 0 bridgehead atoms. The number of likely N-dealkylation sites (tertiary alicyclic amines) is 1. The van der Waals surface area contributed by atoms with E-state index in [0.29, 0.717) is 0 Å². The largest absolute Gasteiger partial charge is 0.439 e. The van der Waals surface area contributed by atoms with Crippen molar-refractivity contribution in [3.8, 4) is 0 Å². The first-order valence-electron chi connectivity index (χ1n) is 8.70. The molecule has 4 nitrogen and oxygen atoms in total. The molecular formula is C18H21Cl3F3NO3S. The number of ether oxygens (including phenoxy) is 1. The van der Waals surface area contributed by atoms with Gasteiger partial charge in [0.05, 0.1) is 16.4 Å². The van der Waals surface area contributed by atoms with E-state index in [9.17, 15) is 23.1 Å². The Balaban J connectivity index is 2.11. The molecule has 1 N–H and O–H groups in total. The van der Waals surface area contributed by atoms with Crippen LogP contribution >= 0.6 is 47.4 Å². The number of amides is 1. The van der Waals surface area contributed by atoms with Gasteiger partial charge in [0.25, 0.3) is 0 Å². The highest BCUT2D eigenvalue weighted by atomic mass is 35.6. The first-order valence-corrected chi connectivity index (χ1v) is 10.3. The van der Waals surface area contributed by atoms with Crippen LogP contribution in [0.15, 0.2) is 24.3 Å². The molecule has 0 radical (unpaired) electrons. The minimum absolute atomic E-state index is 0.0106. The van der Waals surface area contributed by atoms with Crippen molar-refractivity contribution in [3.05, 3.63) is 35.4 Å². The SMILES string of the molecule is CC(C)(OC(=O)N1CCC(O)(C(S)c2ccccc2C(F)(F)F)CC1)C(Cl)(Cl)Cl. The Morgan fingerprint density at radius 2 is 1.72 bits per heavy atom. The zero-order valence-electron chi connectivity index (χ0n) is 15.6. The van der Waals surface area contributed by atoms with E-state index in [1.807, 2.05) is 0 Å². The van der Waals surface area contributed by atoms with E-state index in [4.69, 9.17) is 39.5 Å². The number of halogens is 6. The van der Waals surface area contributed by atoms with Crippen molar-refractivity contribution in [2.45, 2.75) is 53.1 Å². The second-order valence-electron chi connectivity index (χ2n) is 7.45. The number of piperidine rings is 1. The van der Waals surface area contributed by atoms with Crippen LogP contribution in [0, 0.1) is 0 Å². The van der Waals surface area contributed by atoms with Crippen molar-refractivity contribution in [1.82, 2.24) is 4.90 Å². The minimum atomic E-state index is -4.57. The van der Waals surface area contributed by atoms with Crippen LogP contribution in [0.3, 0.4) is 0 Å². The van der Waals surface area contributed by atoms with E-state index in [1.165, 1.54) is 36.9 Å². The molecule has 0 spiro atoms. The van der Waals surface area contributed by atoms with Gasteiger partial charge in [-0.1, -0.05) is 53.0 Å². The fourth-order valence-electron chi connectivity index (χ4n) is 2.97. The molecule has 1 atom stereocenters. The summed E-state index contributed by atoms with van der Waals surface area (Å²) in [6.45, 7) is 2.99. The van der Waals surface area contributed by atoms with Gasteiger partial charge in [0.1, 0.15) is 0 Å². The van der Waals surface area contributed by atoms with Crippen LogP contribution in [0.1, 0.15) is 43.1 Å². The number of hydrogen-bond acceptors (Lipinski definition) is 4. The van der Waals surface area contributed by atoms with Crippen LogP contribution in [0.2, 0.25) is 0 Å². The van der Waals surface area contributed by atoms with E-state index in [2.05, 4.69) is 12.6 Å². The molecule has 0 aromatic heterocycles. The number of carbonyl (C=O) groups excluding carboxylic acids is 1. The van der Waals surface area contributed by atoms with Crippen LogP contribution in [-0.4, -0.2) is 44.2 Å². The van der Waals surface area contributed by atoms with Gasteiger partial charge in [-0.2, -0.15) is 25.8 Å². The van der Waals surface area contributed by atoms with Gasteiger partial charge in [-0.05, 0) is 38.3 Å². The highest BCUT2D eigenvalue weighted by Crippen LogP contribution is 2.45. The fraction of sp³-hybridized carbons (Fsp3) is 0.611. The van der Waals surface area contributed by atoms with Gasteiger partial charge >= 0.3 is 12.3 Å². The summed E-state index contributed by atoms with van der Waals surface area (Å²) in [5, 5.41) is 9.87. The van der Waals surface area contributed by atoms with Gasteiger partial charge in [-0.3, -0.25) is 0 Å². The predicted molar refractivity (Wildman–Crippen MR) is 110 cm³/mol. The molecule has 1 unspecified atom stereocenters. The van der Waals surface area contributed by atoms with E-state index < -0.39 is 38.1 Å².